The molecule has 224 valence electrons. The van der Waals surface area contributed by atoms with Crippen molar-refractivity contribution in [3.63, 3.8) is 0 Å². The Labute approximate surface area is 247 Å². The van der Waals surface area contributed by atoms with Gasteiger partial charge < -0.3 is 15.0 Å². The number of rotatable bonds is 8. The number of hydrogen-bond donors (Lipinski definition) is 3. The maximum atomic E-state index is 13.4. The van der Waals surface area contributed by atoms with Crippen molar-refractivity contribution in [1.82, 2.24) is 9.47 Å². The second-order valence-corrected chi connectivity index (χ2v) is 12.1. The van der Waals surface area contributed by atoms with E-state index in [4.69, 9.17) is 5.14 Å². The number of likely N-dealkylation sites (tertiary alicyclic amines) is 1. The summed E-state index contributed by atoms with van der Waals surface area (Å²) in [5.74, 6) is -1.76. The largest absolute Gasteiger partial charge is 0.493 e. The number of halogens is 1. The van der Waals surface area contributed by atoms with Crippen LogP contribution in [0, 0.1) is 11.7 Å². The molecule has 0 saturated carbocycles. The molecular weight excluding hydrogens is 575 g/mol. The van der Waals surface area contributed by atoms with Gasteiger partial charge in [0.05, 0.1) is 28.9 Å². The molecule has 43 heavy (non-hydrogen) atoms. The number of carbonyl (C=O) groups excluding carboxylic acids is 2. The minimum absolute atomic E-state index is 0.0594. The van der Waals surface area contributed by atoms with Gasteiger partial charge in [0.1, 0.15) is 5.82 Å². The maximum absolute atomic E-state index is 13.4. The number of nitrogens with two attached hydrogens (primary N) is 1. The number of azo groups is 1. The first-order valence-electron chi connectivity index (χ1n) is 13.7. The van der Waals surface area contributed by atoms with Gasteiger partial charge in [-0.25, -0.2) is 17.9 Å². The van der Waals surface area contributed by atoms with Crippen molar-refractivity contribution in [1.29, 1.82) is 0 Å². The van der Waals surface area contributed by atoms with Crippen molar-refractivity contribution < 1.29 is 27.5 Å². The Morgan fingerprint density at radius 3 is 2.49 bits per heavy atom. The Kier molecular flexibility index (Phi) is 8.67. The number of piperidine rings is 1. The second-order valence-electron chi connectivity index (χ2n) is 10.5. The van der Waals surface area contributed by atoms with Gasteiger partial charge in [-0.05, 0) is 74.3 Å². The van der Waals surface area contributed by atoms with Crippen LogP contribution in [0.3, 0.4) is 0 Å². The van der Waals surface area contributed by atoms with Crippen molar-refractivity contribution in [2.45, 2.75) is 37.2 Å². The molecule has 0 bridgehead atoms. The molecule has 1 aromatic heterocycles. The van der Waals surface area contributed by atoms with Gasteiger partial charge in [0.2, 0.25) is 21.8 Å². The number of fused-ring (bicyclic) bond motifs is 1. The van der Waals surface area contributed by atoms with Crippen molar-refractivity contribution >= 4 is 44.1 Å². The smallest absolute Gasteiger partial charge is 0.269 e. The molecule has 0 aliphatic carbocycles. The van der Waals surface area contributed by atoms with Gasteiger partial charge in [-0.2, -0.15) is 0 Å². The summed E-state index contributed by atoms with van der Waals surface area (Å²) >= 11 is 0. The monoisotopic (exact) mass is 606 g/mol. The summed E-state index contributed by atoms with van der Waals surface area (Å²) in [4.78, 5) is 27.9. The number of hydrogen-bond acceptors (Lipinski definition) is 7. The van der Waals surface area contributed by atoms with Gasteiger partial charge >= 0.3 is 0 Å². The molecule has 2 amide bonds. The summed E-state index contributed by atoms with van der Waals surface area (Å²) in [6, 6.07) is 18.2. The van der Waals surface area contributed by atoms with Crippen molar-refractivity contribution in [3.8, 4) is 5.88 Å². The zero-order valence-electron chi connectivity index (χ0n) is 23.4. The van der Waals surface area contributed by atoms with Crippen LogP contribution in [0.5, 0.6) is 5.88 Å². The lowest BCUT2D eigenvalue weighted by atomic mass is 9.96. The lowest BCUT2D eigenvalue weighted by Crippen LogP contribution is -2.48. The minimum Gasteiger partial charge on any atom is -0.493 e. The Morgan fingerprint density at radius 1 is 1.09 bits per heavy atom. The van der Waals surface area contributed by atoms with Crippen LogP contribution >= 0.6 is 0 Å². The van der Waals surface area contributed by atoms with Crippen molar-refractivity contribution in [3.05, 3.63) is 84.2 Å². The van der Waals surface area contributed by atoms with E-state index >= 15 is 0 Å². The highest BCUT2D eigenvalue weighted by atomic mass is 32.2. The fourth-order valence-electron chi connectivity index (χ4n) is 5.18. The van der Waals surface area contributed by atoms with Gasteiger partial charge in [0.25, 0.3) is 5.91 Å². The van der Waals surface area contributed by atoms with E-state index in [1.54, 1.807) is 35.8 Å². The number of anilines is 1. The quantitative estimate of drug-likeness (QED) is 0.250. The topological polar surface area (TPSA) is 159 Å². The third kappa shape index (κ3) is 6.79. The summed E-state index contributed by atoms with van der Waals surface area (Å²) < 4.78 is 37.9. The van der Waals surface area contributed by atoms with Crippen LogP contribution in [0.1, 0.15) is 25.3 Å². The predicted molar refractivity (Wildman–Crippen MR) is 159 cm³/mol. The van der Waals surface area contributed by atoms with Gasteiger partial charge in [-0.1, -0.05) is 30.3 Å². The van der Waals surface area contributed by atoms with E-state index in [1.807, 2.05) is 17.0 Å². The van der Waals surface area contributed by atoms with E-state index in [1.165, 1.54) is 36.4 Å². The third-order valence-corrected chi connectivity index (χ3v) is 8.53. The van der Waals surface area contributed by atoms with Gasteiger partial charge in [-0.15, -0.1) is 10.2 Å². The van der Waals surface area contributed by atoms with E-state index in [0.29, 0.717) is 42.5 Å². The molecule has 1 aliphatic rings. The Hall–Kier alpha value is -4.46. The highest BCUT2D eigenvalue weighted by molar-refractivity contribution is 7.89. The summed E-state index contributed by atoms with van der Waals surface area (Å²) in [5, 5.41) is 27.7. The Bertz CT molecular complexity index is 1790. The average Bonchev–Trinajstić information content (AvgIpc) is 3.26. The molecule has 1 saturated heterocycles. The molecule has 1 fully saturated rings. The van der Waals surface area contributed by atoms with Crippen molar-refractivity contribution in [2.75, 3.05) is 18.4 Å². The third-order valence-electron chi connectivity index (χ3n) is 7.60. The number of benzene rings is 3. The number of para-hydroxylation sites is 1. The number of aromatic nitrogens is 1. The number of nitrogens with one attached hydrogen (secondary N) is 1. The van der Waals surface area contributed by atoms with Gasteiger partial charge in [0, 0.05) is 17.6 Å². The van der Waals surface area contributed by atoms with Crippen LogP contribution in [-0.4, -0.2) is 53.9 Å². The number of nitrogens with zero attached hydrogens (tertiary/aromatic N) is 4. The minimum atomic E-state index is -3.84. The fourth-order valence-corrected chi connectivity index (χ4v) is 5.70. The lowest BCUT2D eigenvalue weighted by molar-refractivity contribution is -0.127. The maximum Gasteiger partial charge on any atom is 0.269 e. The lowest BCUT2D eigenvalue weighted by Gasteiger charge is -2.34. The molecule has 11 nitrogen and oxygen atoms in total. The number of sulfonamides is 1. The number of carbonyl (C=O) groups is 2. The molecule has 3 aromatic carbocycles. The summed E-state index contributed by atoms with van der Waals surface area (Å²) in [5.41, 5.74) is 2.05. The first kappa shape index (κ1) is 30.0. The summed E-state index contributed by atoms with van der Waals surface area (Å²) in [7, 11) is -3.84. The van der Waals surface area contributed by atoms with Crippen LogP contribution in [-0.2, 0) is 26.2 Å². The predicted octanol–water partition coefficient (Wildman–Crippen LogP) is 4.53. The van der Waals surface area contributed by atoms with Crippen LogP contribution in [0.4, 0.5) is 15.8 Å². The summed E-state index contributed by atoms with van der Waals surface area (Å²) in [6.45, 7) is 2.91. The molecule has 0 radical (unpaired) electrons. The Balaban J connectivity index is 1.26. The number of primary sulfonamides is 1. The van der Waals surface area contributed by atoms with E-state index in [9.17, 15) is 27.5 Å². The van der Waals surface area contributed by atoms with Crippen LogP contribution in [0.2, 0.25) is 0 Å². The first-order valence-corrected chi connectivity index (χ1v) is 15.2. The normalized spacial score (nSPS) is 16.9. The van der Waals surface area contributed by atoms with Crippen LogP contribution in [0.15, 0.2) is 87.9 Å². The number of aromatic hydroxyl groups is 1. The van der Waals surface area contributed by atoms with Gasteiger partial charge in [0.15, 0.2) is 5.69 Å². The molecule has 4 aromatic rings. The Morgan fingerprint density at radius 2 is 1.79 bits per heavy atom. The molecule has 2 atom stereocenters. The first-order chi connectivity index (χ1) is 20.5. The zero-order chi connectivity index (χ0) is 30.7. The van der Waals surface area contributed by atoms with Gasteiger partial charge in [-0.3, -0.25) is 14.5 Å². The van der Waals surface area contributed by atoms with Crippen LogP contribution in [0.25, 0.3) is 10.9 Å². The molecular formula is C30H31FN6O5S. The molecule has 0 spiro atoms. The highest BCUT2D eigenvalue weighted by Crippen LogP contribution is 2.39. The molecule has 5 rings (SSSR count). The molecule has 4 N–H and O–H groups in total. The summed E-state index contributed by atoms with van der Waals surface area (Å²) in [6.07, 6.45) is 1.25. The molecule has 13 heteroatoms. The second kappa shape index (κ2) is 12.4. The van der Waals surface area contributed by atoms with E-state index in [2.05, 4.69) is 15.5 Å². The molecule has 2 heterocycles. The van der Waals surface area contributed by atoms with E-state index < -0.39 is 27.9 Å². The fraction of sp³-hybridized carbons (Fsp3) is 0.267. The highest BCUT2D eigenvalue weighted by Gasteiger charge is 2.31. The van der Waals surface area contributed by atoms with E-state index in [-0.39, 0.29) is 34.7 Å². The van der Waals surface area contributed by atoms with Crippen LogP contribution < -0.4 is 10.5 Å². The standard InChI is InChI=1S/C30H31FN6O5S/c1-19(28(38)33-23-12-14-24(15-13-23)43(32,41)42)36-16-4-5-21(18-36)29(39)35-34-27-25-6-2-3-7-26(25)37(30(27)40)17-20-8-10-22(31)11-9-20/h2-3,6-15,19,21,40H,4-5,16-18H2,1H3,(H,33,38)(H2,32,41,42). The van der Waals surface area contributed by atoms with E-state index in [0.717, 1.165) is 5.56 Å². The molecule has 1 aliphatic heterocycles. The van der Waals surface area contributed by atoms with Crippen molar-refractivity contribution in [2.24, 2.45) is 21.3 Å². The zero-order valence-corrected chi connectivity index (χ0v) is 24.2. The SMILES string of the molecule is CC(C(=O)Nc1ccc(S(N)(=O)=O)cc1)N1CCCC(C(=O)N=Nc2c(O)n(Cc3ccc(F)cc3)c3ccccc23)C1. The number of amides is 2. The average molecular weight is 607 g/mol. The molecule has 2 unspecified atom stereocenters.